The van der Waals surface area contributed by atoms with Crippen molar-refractivity contribution in [2.24, 2.45) is 0 Å². The minimum Gasteiger partial charge on any atom is -0.508 e. The summed E-state index contributed by atoms with van der Waals surface area (Å²) in [7, 11) is 0. The largest absolute Gasteiger partial charge is 0.508 e. The molecule has 0 amide bonds. The molecule has 3 aromatic rings. The van der Waals surface area contributed by atoms with Gasteiger partial charge in [-0.15, -0.1) is 0 Å². The molecule has 1 heterocycles. The summed E-state index contributed by atoms with van der Waals surface area (Å²) in [6, 6.07) is 13.0. The smallest absolute Gasteiger partial charge is 0.149 e. The number of allylic oxidation sites excluding steroid dienone is 1. The maximum absolute atomic E-state index is 9.51. The highest BCUT2D eigenvalue weighted by atomic mass is 16.3. The molecular weight excluding hydrogens is 274 g/mol. The Bertz CT molecular complexity index is 890. The SMILES string of the molecule is Cc1cc2nc(C(C#N)=Cc3cccc(O)c3)[nH]c2cc1C. The van der Waals surface area contributed by atoms with E-state index >= 15 is 0 Å². The van der Waals surface area contributed by atoms with Crippen molar-refractivity contribution in [2.75, 3.05) is 0 Å². The number of imidazole rings is 1. The number of aromatic nitrogens is 2. The fourth-order valence-corrected chi connectivity index (χ4v) is 2.33. The van der Waals surface area contributed by atoms with Gasteiger partial charge in [0.2, 0.25) is 0 Å². The van der Waals surface area contributed by atoms with E-state index in [2.05, 4.69) is 16.0 Å². The highest BCUT2D eigenvalue weighted by molar-refractivity contribution is 5.90. The Morgan fingerprint density at radius 2 is 2.00 bits per heavy atom. The molecule has 0 atom stereocenters. The number of benzene rings is 2. The van der Waals surface area contributed by atoms with Crippen LogP contribution in [-0.4, -0.2) is 15.1 Å². The highest BCUT2D eigenvalue weighted by Gasteiger charge is 2.09. The third-order valence-corrected chi connectivity index (χ3v) is 3.65. The van der Waals surface area contributed by atoms with Crippen LogP contribution in [0.15, 0.2) is 36.4 Å². The fraction of sp³-hybridized carbons (Fsp3) is 0.111. The molecule has 0 unspecified atom stereocenters. The minimum absolute atomic E-state index is 0.168. The first-order valence-corrected chi connectivity index (χ1v) is 6.95. The van der Waals surface area contributed by atoms with Gasteiger partial charge < -0.3 is 10.1 Å². The van der Waals surface area contributed by atoms with E-state index in [0.29, 0.717) is 11.4 Å². The van der Waals surface area contributed by atoms with Crippen LogP contribution in [0.4, 0.5) is 0 Å². The zero-order chi connectivity index (χ0) is 15.7. The number of hydrogen-bond acceptors (Lipinski definition) is 3. The maximum Gasteiger partial charge on any atom is 0.149 e. The Labute approximate surface area is 128 Å². The van der Waals surface area contributed by atoms with Crippen LogP contribution in [0.1, 0.15) is 22.5 Å². The number of phenolic OH excluding ortho intramolecular Hbond substituents is 1. The van der Waals surface area contributed by atoms with Crippen LogP contribution < -0.4 is 0 Å². The van der Waals surface area contributed by atoms with E-state index in [-0.39, 0.29) is 5.75 Å². The third kappa shape index (κ3) is 2.57. The van der Waals surface area contributed by atoms with Crippen molar-refractivity contribution in [3.63, 3.8) is 0 Å². The van der Waals surface area contributed by atoms with Crippen molar-refractivity contribution in [2.45, 2.75) is 13.8 Å². The molecular formula is C18H15N3O. The van der Waals surface area contributed by atoms with Crippen LogP contribution in [0.2, 0.25) is 0 Å². The van der Waals surface area contributed by atoms with Crippen LogP contribution in [0, 0.1) is 25.2 Å². The van der Waals surface area contributed by atoms with E-state index in [0.717, 1.165) is 16.6 Å². The van der Waals surface area contributed by atoms with Crippen LogP contribution in [0.5, 0.6) is 5.75 Å². The monoisotopic (exact) mass is 289 g/mol. The lowest BCUT2D eigenvalue weighted by atomic mass is 10.1. The van der Waals surface area contributed by atoms with Crippen molar-refractivity contribution in [3.8, 4) is 11.8 Å². The average Bonchev–Trinajstić information content (AvgIpc) is 2.88. The molecule has 22 heavy (non-hydrogen) atoms. The lowest BCUT2D eigenvalue weighted by Crippen LogP contribution is -1.84. The molecule has 0 fully saturated rings. The van der Waals surface area contributed by atoms with Gasteiger partial charge in [-0.1, -0.05) is 12.1 Å². The van der Waals surface area contributed by atoms with Gasteiger partial charge in [0.05, 0.1) is 16.6 Å². The summed E-state index contributed by atoms with van der Waals surface area (Å²) < 4.78 is 0. The number of nitrogens with zero attached hydrogens (tertiary/aromatic N) is 2. The van der Waals surface area contributed by atoms with Crippen molar-refractivity contribution in [3.05, 3.63) is 58.9 Å². The van der Waals surface area contributed by atoms with E-state index in [9.17, 15) is 10.4 Å². The number of nitrogens with one attached hydrogen (secondary N) is 1. The summed E-state index contributed by atoms with van der Waals surface area (Å²) in [5.74, 6) is 0.702. The Morgan fingerprint density at radius 1 is 1.23 bits per heavy atom. The summed E-state index contributed by atoms with van der Waals surface area (Å²) in [6.07, 6.45) is 1.71. The molecule has 3 rings (SSSR count). The second-order valence-corrected chi connectivity index (χ2v) is 5.30. The van der Waals surface area contributed by atoms with Gasteiger partial charge in [-0.05, 0) is 60.9 Å². The summed E-state index contributed by atoms with van der Waals surface area (Å²) in [5, 5.41) is 18.9. The predicted molar refractivity (Wildman–Crippen MR) is 87.2 cm³/mol. The van der Waals surface area contributed by atoms with Gasteiger partial charge in [0.1, 0.15) is 17.6 Å². The van der Waals surface area contributed by atoms with E-state index in [1.54, 1.807) is 24.3 Å². The molecule has 108 valence electrons. The van der Waals surface area contributed by atoms with Gasteiger partial charge in [-0.2, -0.15) is 5.26 Å². The number of aromatic amines is 1. The predicted octanol–water partition coefficient (Wildman–Crippen LogP) is 3.95. The molecule has 0 bridgehead atoms. The first kappa shape index (κ1) is 13.9. The van der Waals surface area contributed by atoms with Crippen molar-refractivity contribution in [1.29, 1.82) is 5.26 Å². The molecule has 0 aliphatic heterocycles. The van der Waals surface area contributed by atoms with E-state index < -0.39 is 0 Å². The average molecular weight is 289 g/mol. The Kier molecular flexibility index (Phi) is 3.40. The number of rotatable bonds is 2. The number of fused-ring (bicyclic) bond motifs is 1. The van der Waals surface area contributed by atoms with Gasteiger partial charge in [0.25, 0.3) is 0 Å². The van der Waals surface area contributed by atoms with Gasteiger partial charge in [0.15, 0.2) is 0 Å². The Balaban J connectivity index is 2.09. The van der Waals surface area contributed by atoms with Crippen molar-refractivity contribution >= 4 is 22.7 Å². The quantitative estimate of drug-likeness (QED) is 0.701. The zero-order valence-corrected chi connectivity index (χ0v) is 12.4. The normalized spacial score (nSPS) is 11.6. The third-order valence-electron chi connectivity index (χ3n) is 3.65. The van der Waals surface area contributed by atoms with E-state index in [1.807, 2.05) is 32.0 Å². The first-order chi connectivity index (χ1) is 10.6. The Hall–Kier alpha value is -3.06. The second-order valence-electron chi connectivity index (χ2n) is 5.30. The molecule has 1 aromatic heterocycles. The number of aromatic hydroxyl groups is 1. The molecule has 0 radical (unpaired) electrons. The van der Waals surface area contributed by atoms with Crippen molar-refractivity contribution in [1.82, 2.24) is 9.97 Å². The minimum atomic E-state index is 0.168. The number of aryl methyl sites for hydroxylation is 2. The molecule has 2 N–H and O–H groups in total. The van der Waals surface area contributed by atoms with Gasteiger partial charge in [-0.3, -0.25) is 0 Å². The van der Waals surface area contributed by atoms with E-state index in [4.69, 9.17) is 0 Å². The molecule has 0 saturated carbocycles. The number of H-pyrrole nitrogens is 1. The number of nitriles is 1. The molecule has 2 aromatic carbocycles. The number of hydrogen-bond donors (Lipinski definition) is 2. The van der Waals surface area contributed by atoms with Crippen LogP contribution in [0.25, 0.3) is 22.7 Å². The standard InChI is InChI=1S/C18H15N3O/c1-11-6-16-17(7-12(11)2)21-18(20-16)14(10-19)8-13-4-3-5-15(22)9-13/h3-9,22H,1-2H3,(H,20,21). The summed E-state index contributed by atoms with van der Waals surface area (Å²) in [6.45, 7) is 4.08. The van der Waals surface area contributed by atoms with Crippen LogP contribution in [0.3, 0.4) is 0 Å². The summed E-state index contributed by atoms with van der Waals surface area (Å²) in [4.78, 5) is 7.68. The molecule has 0 aliphatic rings. The molecule has 4 heteroatoms. The topological polar surface area (TPSA) is 72.7 Å². The lowest BCUT2D eigenvalue weighted by Gasteiger charge is -1.97. The van der Waals surface area contributed by atoms with Gasteiger partial charge >= 0.3 is 0 Å². The molecule has 0 spiro atoms. The zero-order valence-electron chi connectivity index (χ0n) is 12.4. The fourth-order valence-electron chi connectivity index (χ4n) is 2.33. The highest BCUT2D eigenvalue weighted by Crippen LogP contribution is 2.22. The number of phenols is 1. The second kappa shape index (κ2) is 5.38. The lowest BCUT2D eigenvalue weighted by molar-refractivity contribution is 0.475. The molecule has 0 aliphatic carbocycles. The maximum atomic E-state index is 9.51. The van der Waals surface area contributed by atoms with Gasteiger partial charge in [-0.25, -0.2) is 4.98 Å². The van der Waals surface area contributed by atoms with E-state index in [1.165, 1.54) is 11.1 Å². The summed E-state index contributed by atoms with van der Waals surface area (Å²) in [5.41, 5.74) is 5.28. The molecule has 0 saturated heterocycles. The Morgan fingerprint density at radius 3 is 2.73 bits per heavy atom. The van der Waals surface area contributed by atoms with Gasteiger partial charge in [0, 0.05) is 0 Å². The first-order valence-electron chi connectivity index (χ1n) is 6.95. The summed E-state index contributed by atoms with van der Waals surface area (Å²) >= 11 is 0. The van der Waals surface area contributed by atoms with Crippen molar-refractivity contribution < 1.29 is 5.11 Å². The van der Waals surface area contributed by atoms with Crippen LogP contribution in [-0.2, 0) is 0 Å². The van der Waals surface area contributed by atoms with Crippen LogP contribution >= 0.6 is 0 Å². The molecule has 4 nitrogen and oxygen atoms in total.